The van der Waals surface area contributed by atoms with Crippen molar-refractivity contribution in [3.63, 3.8) is 0 Å². The van der Waals surface area contributed by atoms with Crippen LogP contribution in [0.1, 0.15) is 49.4 Å². The molecule has 1 aliphatic heterocycles. The second-order valence-electron chi connectivity index (χ2n) is 5.41. The number of ketones is 1. The molecule has 19 heavy (non-hydrogen) atoms. The molecule has 1 unspecified atom stereocenters. The average Bonchev–Trinajstić information content (AvgIpc) is 2.46. The Morgan fingerprint density at radius 2 is 1.84 bits per heavy atom. The highest BCUT2D eigenvalue weighted by Gasteiger charge is 2.17. The highest BCUT2D eigenvalue weighted by molar-refractivity contribution is 5.95. The van der Waals surface area contributed by atoms with E-state index >= 15 is 0 Å². The van der Waals surface area contributed by atoms with Crippen molar-refractivity contribution in [3.8, 4) is 0 Å². The summed E-state index contributed by atoms with van der Waals surface area (Å²) in [4.78, 5) is 14.5. The quantitative estimate of drug-likeness (QED) is 0.756. The topological polar surface area (TPSA) is 20.3 Å². The van der Waals surface area contributed by atoms with E-state index in [-0.39, 0.29) is 11.6 Å². The highest BCUT2D eigenvalue weighted by Crippen LogP contribution is 2.16. The molecule has 0 aliphatic carbocycles. The molecule has 2 rings (SSSR count). The maximum Gasteiger partial charge on any atom is 0.162 e. The summed E-state index contributed by atoms with van der Waals surface area (Å²) in [6, 6.07) is 6.30. The molecule has 1 atom stereocenters. The number of nitrogens with zero attached hydrogens (tertiary/aromatic N) is 1. The average molecular weight is 263 g/mol. The molecule has 104 valence electrons. The normalized spacial score (nSPS) is 18.2. The number of benzene rings is 1. The predicted octanol–water partition coefficient (Wildman–Crippen LogP) is 3.66. The molecule has 1 aromatic rings. The lowest BCUT2D eigenvalue weighted by Crippen LogP contribution is -2.37. The Bertz CT molecular complexity index is 409. The fraction of sp³-hybridized carbons (Fsp3) is 0.562. The molecular weight excluding hydrogens is 241 g/mol. The van der Waals surface area contributed by atoms with Crippen molar-refractivity contribution in [3.05, 3.63) is 35.6 Å². The van der Waals surface area contributed by atoms with Crippen LogP contribution in [0.25, 0.3) is 0 Å². The number of Topliss-reactive ketones (excluding diaryl/α,β-unsaturated/α-hetero) is 1. The fourth-order valence-corrected chi connectivity index (χ4v) is 2.66. The molecule has 2 nitrogen and oxygen atoms in total. The van der Waals surface area contributed by atoms with Gasteiger partial charge in [-0.15, -0.1) is 0 Å². The van der Waals surface area contributed by atoms with E-state index in [1.807, 2.05) is 0 Å². The lowest BCUT2D eigenvalue weighted by atomic mass is 10.0. The van der Waals surface area contributed by atoms with Crippen LogP contribution >= 0.6 is 0 Å². The minimum absolute atomic E-state index is 0.115. The highest BCUT2D eigenvalue weighted by atomic mass is 19.1. The number of likely N-dealkylation sites (tertiary alicyclic amines) is 1. The number of piperidine rings is 1. The zero-order valence-electron chi connectivity index (χ0n) is 11.6. The van der Waals surface area contributed by atoms with Crippen LogP contribution in [0.15, 0.2) is 24.3 Å². The number of carbonyl (C=O) groups excluding carboxylic acids is 1. The smallest absolute Gasteiger partial charge is 0.162 e. The molecule has 0 radical (unpaired) electrons. The van der Waals surface area contributed by atoms with E-state index in [1.54, 1.807) is 12.1 Å². The first-order valence-electron chi connectivity index (χ1n) is 7.19. The van der Waals surface area contributed by atoms with Gasteiger partial charge in [0, 0.05) is 18.0 Å². The Morgan fingerprint density at radius 1 is 1.21 bits per heavy atom. The first-order valence-corrected chi connectivity index (χ1v) is 7.19. The SMILES string of the molecule is CC(CCC(=O)c1ccc(F)cc1)N1CCCCC1. The third-order valence-electron chi connectivity index (χ3n) is 3.97. The summed E-state index contributed by atoms with van der Waals surface area (Å²) >= 11 is 0. The molecular formula is C16H22FNO. The summed E-state index contributed by atoms with van der Waals surface area (Å²) in [5.74, 6) is -0.179. The lowest BCUT2D eigenvalue weighted by Gasteiger charge is -2.32. The Kier molecular flexibility index (Phi) is 5.08. The van der Waals surface area contributed by atoms with Crippen LogP contribution in [-0.4, -0.2) is 29.8 Å². The maximum atomic E-state index is 12.8. The summed E-state index contributed by atoms with van der Waals surface area (Å²) in [7, 11) is 0. The number of hydrogen-bond donors (Lipinski definition) is 0. The number of rotatable bonds is 5. The van der Waals surface area contributed by atoms with Gasteiger partial charge in [0.1, 0.15) is 5.82 Å². The van der Waals surface area contributed by atoms with Gasteiger partial charge in [0.05, 0.1) is 0 Å². The molecule has 1 heterocycles. The van der Waals surface area contributed by atoms with Gasteiger partial charge in [0.2, 0.25) is 0 Å². The van der Waals surface area contributed by atoms with Crippen molar-refractivity contribution in [2.45, 2.75) is 45.1 Å². The third-order valence-corrected chi connectivity index (χ3v) is 3.97. The molecule has 0 saturated carbocycles. The van der Waals surface area contributed by atoms with Crippen LogP contribution in [0, 0.1) is 5.82 Å². The van der Waals surface area contributed by atoms with Gasteiger partial charge in [-0.2, -0.15) is 0 Å². The van der Waals surface area contributed by atoms with Crippen molar-refractivity contribution in [2.75, 3.05) is 13.1 Å². The van der Waals surface area contributed by atoms with Crippen molar-refractivity contribution in [2.24, 2.45) is 0 Å². The van der Waals surface area contributed by atoms with E-state index in [9.17, 15) is 9.18 Å². The Morgan fingerprint density at radius 3 is 2.47 bits per heavy atom. The van der Waals surface area contributed by atoms with Gasteiger partial charge in [-0.3, -0.25) is 4.79 Å². The van der Waals surface area contributed by atoms with Crippen LogP contribution < -0.4 is 0 Å². The van der Waals surface area contributed by atoms with Gasteiger partial charge in [-0.25, -0.2) is 4.39 Å². The fourth-order valence-electron chi connectivity index (χ4n) is 2.66. The summed E-state index contributed by atoms with van der Waals surface area (Å²) < 4.78 is 12.8. The zero-order valence-corrected chi connectivity index (χ0v) is 11.6. The lowest BCUT2D eigenvalue weighted by molar-refractivity contribution is 0.0955. The molecule has 1 aliphatic rings. The second kappa shape index (κ2) is 6.80. The van der Waals surface area contributed by atoms with Crippen molar-refractivity contribution < 1.29 is 9.18 Å². The van der Waals surface area contributed by atoms with Gasteiger partial charge < -0.3 is 4.90 Å². The standard InChI is InChI=1S/C16H22FNO/c1-13(18-11-3-2-4-12-18)5-10-16(19)14-6-8-15(17)9-7-14/h6-9,13H,2-5,10-12H2,1H3. The Hall–Kier alpha value is -1.22. The van der Waals surface area contributed by atoms with E-state index in [4.69, 9.17) is 0 Å². The van der Waals surface area contributed by atoms with Gasteiger partial charge in [0.15, 0.2) is 5.78 Å². The maximum absolute atomic E-state index is 12.8. The van der Waals surface area contributed by atoms with Crippen molar-refractivity contribution in [1.82, 2.24) is 4.90 Å². The van der Waals surface area contributed by atoms with Crippen LogP contribution in [0.5, 0.6) is 0 Å². The third kappa shape index (κ3) is 4.13. The largest absolute Gasteiger partial charge is 0.301 e. The molecule has 1 saturated heterocycles. The molecule has 0 amide bonds. The predicted molar refractivity (Wildman–Crippen MR) is 74.9 cm³/mol. The summed E-state index contributed by atoms with van der Waals surface area (Å²) in [5, 5.41) is 0. The minimum atomic E-state index is -0.293. The molecule has 0 aromatic heterocycles. The van der Waals surface area contributed by atoms with Crippen LogP contribution in [0.3, 0.4) is 0 Å². The van der Waals surface area contributed by atoms with Crippen LogP contribution in [-0.2, 0) is 0 Å². The molecule has 0 N–H and O–H groups in total. The Balaban J connectivity index is 1.81. The first kappa shape index (κ1) is 14.2. The molecule has 3 heteroatoms. The van der Waals surface area contributed by atoms with E-state index < -0.39 is 0 Å². The summed E-state index contributed by atoms with van der Waals surface area (Å²) in [6.45, 7) is 4.51. The Labute approximate surface area is 114 Å². The zero-order chi connectivity index (χ0) is 13.7. The molecule has 0 bridgehead atoms. The van der Waals surface area contributed by atoms with Gasteiger partial charge >= 0.3 is 0 Å². The van der Waals surface area contributed by atoms with Crippen LogP contribution in [0.2, 0.25) is 0 Å². The number of hydrogen-bond acceptors (Lipinski definition) is 2. The van der Waals surface area contributed by atoms with E-state index in [0.29, 0.717) is 18.0 Å². The van der Waals surface area contributed by atoms with Gasteiger partial charge in [-0.1, -0.05) is 6.42 Å². The van der Waals surface area contributed by atoms with Gasteiger partial charge in [-0.05, 0) is 63.5 Å². The van der Waals surface area contributed by atoms with Crippen molar-refractivity contribution >= 4 is 5.78 Å². The van der Waals surface area contributed by atoms with Crippen LogP contribution in [0.4, 0.5) is 4.39 Å². The van der Waals surface area contributed by atoms with Crippen molar-refractivity contribution in [1.29, 1.82) is 0 Å². The molecule has 0 spiro atoms. The molecule has 1 fully saturated rings. The monoisotopic (exact) mass is 263 g/mol. The minimum Gasteiger partial charge on any atom is -0.301 e. The summed E-state index contributed by atoms with van der Waals surface area (Å²) in [6.07, 6.45) is 5.31. The number of halogens is 1. The van der Waals surface area contributed by atoms with E-state index in [0.717, 1.165) is 19.5 Å². The molecule has 1 aromatic carbocycles. The van der Waals surface area contributed by atoms with E-state index in [1.165, 1.54) is 31.4 Å². The second-order valence-corrected chi connectivity index (χ2v) is 5.41. The first-order chi connectivity index (χ1) is 9.16. The summed E-state index contributed by atoms with van der Waals surface area (Å²) in [5.41, 5.74) is 0.618. The van der Waals surface area contributed by atoms with E-state index in [2.05, 4.69) is 11.8 Å². The van der Waals surface area contributed by atoms with Gasteiger partial charge in [0.25, 0.3) is 0 Å². The number of carbonyl (C=O) groups is 1.